The molecule has 2 atom stereocenters. The van der Waals surface area contributed by atoms with Crippen molar-refractivity contribution < 1.29 is 24.5 Å². The standard InChI is InChI=1S/C66H129NO5/c1-3-5-7-9-11-13-15-17-19-21-26-30-34-38-42-46-50-54-58-64(69)63(62-68)67-65(70)59-55-51-47-43-39-35-31-27-24-23-25-29-33-37-41-45-49-53-57-61-72-66(71)60-56-52-48-44-40-36-32-28-22-20-18-16-14-12-10-8-6-4-2/h54,58,63-64,68-69H,3-53,55-57,59-62H2,1-2H3,(H,67,70)/b58-54+. The van der Waals surface area contributed by atoms with Crippen molar-refractivity contribution in [1.29, 1.82) is 0 Å². The average molecular weight is 1020 g/mol. The van der Waals surface area contributed by atoms with Crippen molar-refractivity contribution >= 4 is 11.9 Å². The van der Waals surface area contributed by atoms with Crippen LogP contribution in [0.4, 0.5) is 0 Å². The molecule has 428 valence electrons. The molecule has 0 aromatic carbocycles. The minimum absolute atomic E-state index is 0.0137. The molecule has 0 rings (SSSR count). The van der Waals surface area contributed by atoms with Gasteiger partial charge in [-0.15, -0.1) is 0 Å². The van der Waals surface area contributed by atoms with Crippen LogP contribution in [0.3, 0.4) is 0 Å². The molecular formula is C66H129NO5. The first-order chi connectivity index (χ1) is 35.5. The van der Waals surface area contributed by atoms with Crippen LogP contribution in [-0.4, -0.2) is 47.4 Å². The Morgan fingerprint density at radius 3 is 0.944 bits per heavy atom. The second-order valence-corrected chi connectivity index (χ2v) is 22.8. The van der Waals surface area contributed by atoms with Crippen LogP contribution in [0.1, 0.15) is 373 Å². The number of amides is 1. The molecule has 0 saturated carbocycles. The number of rotatable bonds is 62. The molecular weight excluding hydrogens is 887 g/mol. The molecule has 0 aromatic rings. The number of ether oxygens (including phenoxy) is 1. The summed E-state index contributed by atoms with van der Waals surface area (Å²) >= 11 is 0. The first kappa shape index (κ1) is 70.6. The number of unbranched alkanes of at least 4 members (excludes halogenated alkanes) is 51. The van der Waals surface area contributed by atoms with Gasteiger partial charge < -0.3 is 20.3 Å². The fourth-order valence-electron chi connectivity index (χ4n) is 10.5. The summed E-state index contributed by atoms with van der Waals surface area (Å²) in [5.74, 6) is -0.0535. The van der Waals surface area contributed by atoms with Crippen molar-refractivity contribution in [3.63, 3.8) is 0 Å². The molecule has 0 heterocycles. The number of aliphatic hydroxyl groups excluding tert-OH is 2. The minimum atomic E-state index is -0.846. The van der Waals surface area contributed by atoms with E-state index in [1.807, 2.05) is 6.08 Å². The third kappa shape index (κ3) is 57.9. The highest BCUT2D eigenvalue weighted by Gasteiger charge is 2.18. The van der Waals surface area contributed by atoms with Gasteiger partial charge in [-0.2, -0.15) is 0 Å². The normalized spacial score (nSPS) is 12.6. The van der Waals surface area contributed by atoms with E-state index in [1.165, 1.54) is 308 Å². The number of carbonyl (C=O) groups is 2. The maximum Gasteiger partial charge on any atom is 0.305 e. The number of nitrogens with one attached hydrogen (secondary N) is 1. The summed E-state index contributed by atoms with van der Waals surface area (Å²) in [6.45, 7) is 4.94. The summed E-state index contributed by atoms with van der Waals surface area (Å²) in [7, 11) is 0. The van der Waals surface area contributed by atoms with Crippen molar-refractivity contribution in [3.05, 3.63) is 12.2 Å². The molecule has 6 heteroatoms. The number of hydrogen-bond acceptors (Lipinski definition) is 5. The summed E-state index contributed by atoms with van der Waals surface area (Å²) in [5, 5.41) is 23.2. The molecule has 0 aliphatic heterocycles. The van der Waals surface area contributed by atoms with Crippen LogP contribution in [0.15, 0.2) is 12.2 Å². The van der Waals surface area contributed by atoms with Crippen molar-refractivity contribution in [2.75, 3.05) is 13.2 Å². The van der Waals surface area contributed by atoms with Crippen LogP contribution >= 0.6 is 0 Å². The van der Waals surface area contributed by atoms with Gasteiger partial charge in [0.15, 0.2) is 0 Å². The van der Waals surface area contributed by atoms with Crippen LogP contribution in [0.5, 0.6) is 0 Å². The number of aliphatic hydroxyl groups is 2. The lowest BCUT2D eigenvalue weighted by Crippen LogP contribution is -2.45. The number of esters is 1. The Morgan fingerprint density at radius 2 is 0.639 bits per heavy atom. The van der Waals surface area contributed by atoms with Crippen LogP contribution in [0.2, 0.25) is 0 Å². The van der Waals surface area contributed by atoms with Gasteiger partial charge in [-0.25, -0.2) is 0 Å². The maximum absolute atomic E-state index is 12.5. The van der Waals surface area contributed by atoms with Gasteiger partial charge >= 0.3 is 5.97 Å². The van der Waals surface area contributed by atoms with Gasteiger partial charge in [0.25, 0.3) is 0 Å². The number of carbonyl (C=O) groups excluding carboxylic acids is 2. The zero-order valence-electron chi connectivity index (χ0n) is 48.9. The van der Waals surface area contributed by atoms with E-state index in [4.69, 9.17) is 4.74 Å². The summed E-state index contributed by atoms with van der Waals surface area (Å²) < 4.78 is 5.50. The van der Waals surface area contributed by atoms with Crippen LogP contribution < -0.4 is 5.32 Å². The lowest BCUT2D eigenvalue weighted by Gasteiger charge is -2.20. The summed E-state index contributed by atoms with van der Waals surface area (Å²) in [4.78, 5) is 24.6. The molecule has 0 spiro atoms. The second kappa shape index (κ2) is 62.1. The van der Waals surface area contributed by atoms with Gasteiger partial charge in [0, 0.05) is 12.8 Å². The van der Waals surface area contributed by atoms with Gasteiger partial charge in [-0.1, -0.05) is 341 Å². The van der Waals surface area contributed by atoms with Crippen molar-refractivity contribution in [2.24, 2.45) is 0 Å². The zero-order valence-corrected chi connectivity index (χ0v) is 48.9. The fourth-order valence-corrected chi connectivity index (χ4v) is 10.5. The SMILES string of the molecule is CCCCCCCCCCCCCCCCCC/C=C/C(O)C(CO)NC(=O)CCCCCCCCCCCCCCCCCCCCCOC(=O)CCCCCCCCCCCCCCCCCCCC. The van der Waals surface area contributed by atoms with E-state index in [9.17, 15) is 19.8 Å². The fraction of sp³-hybridized carbons (Fsp3) is 0.939. The lowest BCUT2D eigenvalue weighted by molar-refractivity contribution is -0.143. The highest BCUT2D eigenvalue weighted by atomic mass is 16.5. The van der Waals surface area contributed by atoms with E-state index in [0.29, 0.717) is 19.4 Å². The lowest BCUT2D eigenvalue weighted by atomic mass is 10.0. The monoisotopic (exact) mass is 1020 g/mol. The maximum atomic E-state index is 12.5. The Balaban J connectivity index is 3.40. The second-order valence-electron chi connectivity index (χ2n) is 22.8. The third-order valence-electron chi connectivity index (χ3n) is 15.6. The quantitative estimate of drug-likeness (QED) is 0.0320. The summed E-state index contributed by atoms with van der Waals surface area (Å²) in [6.07, 6.45) is 75.5. The molecule has 72 heavy (non-hydrogen) atoms. The van der Waals surface area contributed by atoms with E-state index in [-0.39, 0.29) is 18.5 Å². The summed E-state index contributed by atoms with van der Waals surface area (Å²) in [6, 6.07) is -0.630. The van der Waals surface area contributed by atoms with Crippen LogP contribution in [-0.2, 0) is 14.3 Å². The van der Waals surface area contributed by atoms with Crippen LogP contribution in [0, 0.1) is 0 Å². The van der Waals surface area contributed by atoms with Crippen molar-refractivity contribution in [3.8, 4) is 0 Å². The van der Waals surface area contributed by atoms with E-state index in [0.717, 1.165) is 38.5 Å². The Bertz CT molecular complexity index is 1080. The molecule has 1 amide bonds. The first-order valence-electron chi connectivity index (χ1n) is 33.0. The average Bonchev–Trinajstić information content (AvgIpc) is 3.38. The highest BCUT2D eigenvalue weighted by molar-refractivity contribution is 5.76. The molecule has 2 unspecified atom stereocenters. The van der Waals surface area contributed by atoms with Crippen molar-refractivity contribution in [2.45, 2.75) is 386 Å². The Labute approximate surface area is 450 Å². The predicted molar refractivity (Wildman–Crippen MR) is 315 cm³/mol. The van der Waals surface area contributed by atoms with Crippen LogP contribution in [0.25, 0.3) is 0 Å². The molecule has 6 nitrogen and oxygen atoms in total. The Hall–Kier alpha value is -1.40. The number of hydrogen-bond donors (Lipinski definition) is 3. The third-order valence-corrected chi connectivity index (χ3v) is 15.6. The van der Waals surface area contributed by atoms with E-state index >= 15 is 0 Å². The zero-order chi connectivity index (χ0) is 52.2. The first-order valence-corrected chi connectivity index (χ1v) is 33.0. The topological polar surface area (TPSA) is 95.9 Å². The predicted octanol–water partition coefficient (Wildman–Crippen LogP) is 20.8. The molecule has 0 saturated heterocycles. The molecule has 3 N–H and O–H groups in total. The Morgan fingerprint density at radius 1 is 0.375 bits per heavy atom. The van der Waals surface area contributed by atoms with Gasteiger partial charge in [0.05, 0.1) is 25.4 Å². The largest absolute Gasteiger partial charge is 0.466 e. The van der Waals surface area contributed by atoms with Gasteiger partial charge in [0.2, 0.25) is 5.91 Å². The molecule has 0 bridgehead atoms. The molecule has 0 aromatic heterocycles. The van der Waals surface area contributed by atoms with Gasteiger partial charge in [-0.05, 0) is 32.1 Å². The van der Waals surface area contributed by atoms with E-state index in [1.54, 1.807) is 6.08 Å². The number of allylic oxidation sites excluding steroid dienone is 1. The smallest absolute Gasteiger partial charge is 0.305 e. The molecule has 0 fully saturated rings. The Kier molecular flexibility index (Phi) is 60.9. The van der Waals surface area contributed by atoms with Gasteiger partial charge in [0.1, 0.15) is 0 Å². The molecule has 0 radical (unpaired) electrons. The van der Waals surface area contributed by atoms with Gasteiger partial charge in [-0.3, -0.25) is 9.59 Å². The molecule has 0 aliphatic rings. The minimum Gasteiger partial charge on any atom is -0.466 e. The molecule has 0 aliphatic carbocycles. The van der Waals surface area contributed by atoms with E-state index in [2.05, 4.69) is 19.2 Å². The highest BCUT2D eigenvalue weighted by Crippen LogP contribution is 2.19. The summed E-state index contributed by atoms with van der Waals surface area (Å²) in [5.41, 5.74) is 0. The van der Waals surface area contributed by atoms with E-state index < -0.39 is 12.1 Å². The van der Waals surface area contributed by atoms with Crippen molar-refractivity contribution in [1.82, 2.24) is 5.32 Å².